The lowest BCUT2D eigenvalue weighted by molar-refractivity contribution is 0.563. The molecule has 0 amide bonds. The van der Waals surface area contributed by atoms with E-state index in [0.29, 0.717) is 0 Å². The second-order valence-corrected chi connectivity index (χ2v) is 5.65. The molecule has 98 valence electrons. The van der Waals surface area contributed by atoms with E-state index in [1.54, 1.807) is 6.07 Å². The molecule has 1 rings (SSSR count). The van der Waals surface area contributed by atoms with Crippen LogP contribution in [0.1, 0.15) is 19.4 Å². The van der Waals surface area contributed by atoms with Crippen molar-refractivity contribution in [3.63, 3.8) is 0 Å². The number of nitriles is 1. The first-order valence-electron chi connectivity index (χ1n) is 5.31. The molecule has 1 aromatic carbocycles. The van der Waals surface area contributed by atoms with Crippen LogP contribution in [0.25, 0.3) is 0 Å². The summed E-state index contributed by atoms with van der Waals surface area (Å²) in [6.07, 6.45) is 0. The van der Waals surface area contributed by atoms with E-state index in [2.05, 4.69) is 9.44 Å². The van der Waals surface area contributed by atoms with E-state index in [9.17, 15) is 12.8 Å². The third-order valence-corrected chi connectivity index (χ3v) is 3.06. The first-order valence-corrected chi connectivity index (χ1v) is 6.79. The fraction of sp³-hybridized carbons (Fsp3) is 0.364. The van der Waals surface area contributed by atoms with Gasteiger partial charge in [0.1, 0.15) is 5.82 Å². The molecule has 0 heterocycles. The molecule has 0 atom stereocenters. The van der Waals surface area contributed by atoms with Crippen LogP contribution in [-0.2, 0) is 10.2 Å². The Morgan fingerprint density at radius 1 is 1.44 bits per heavy atom. The molecule has 18 heavy (non-hydrogen) atoms. The topological polar surface area (TPSA) is 82.0 Å². The Labute approximate surface area is 106 Å². The summed E-state index contributed by atoms with van der Waals surface area (Å²) in [7, 11) is -3.79. The maximum atomic E-state index is 13.5. The van der Waals surface area contributed by atoms with Crippen molar-refractivity contribution >= 4 is 15.9 Å². The van der Waals surface area contributed by atoms with E-state index < -0.39 is 16.0 Å². The Hall–Kier alpha value is -1.65. The second-order valence-electron chi connectivity index (χ2n) is 4.15. The molecule has 2 N–H and O–H groups in total. The van der Waals surface area contributed by atoms with Gasteiger partial charge in [0.15, 0.2) is 0 Å². The average molecular weight is 271 g/mol. The molecule has 0 aromatic heterocycles. The number of anilines is 1. The first-order chi connectivity index (χ1) is 8.34. The highest BCUT2D eigenvalue weighted by molar-refractivity contribution is 7.90. The predicted molar refractivity (Wildman–Crippen MR) is 66.5 cm³/mol. The van der Waals surface area contributed by atoms with Gasteiger partial charge < -0.3 is 0 Å². The molecule has 0 saturated heterocycles. The van der Waals surface area contributed by atoms with Gasteiger partial charge in [-0.25, -0.2) is 4.39 Å². The number of benzene rings is 1. The largest absolute Gasteiger partial charge is 0.299 e. The van der Waals surface area contributed by atoms with Gasteiger partial charge in [-0.3, -0.25) is 4.72 Å². The molecule has 1 aromatic rings. The standard InChI is InChI=1S/C11H14FN3O2S/c1-8(2)7-14-18(16,17)15-11-4-3-9(6-13)5-10(11)12/h3-5,8,14-15H,7H2,1-2H3. The lowest BCUT2D eigenvalue weighted by atomic mass is 10.2. The number of nitrogens with one attached hydrogen (secondary N) is 2. The third-order valence-electron chi connectivity index (χ3n) is 2.02. The van der Waals surface area contributed by atoms with Crippen molar-refractivity contribution in [3.8, 4) is 6.07 Å². The summed E-state index contributed by atoms with van der Waals surface area (Å²) in [5, 5.41) is 8.56. The maximum Gasteiger partial charge on any atom is 0.299 e. The van der Waals surface area contributed by atoms with Gasteiger partial charge in [0.2, 0.25) is 0 Å². The van der Waals surface area contributed by atoms with Crippen LogP contribution in [0.4, 0.5) is 10.1 Å². The molecule has 0 spiro atoms. The fourth-order valence-corrected chi connectivity index (χ4v) is 2.20. The Morgan fingerprint density at radius 2 is 2.11 bits per heavy atom. The van der Waals surface area contributed by atoms with Gasteiger partial charge in [-0.05, 0) is 24.1 Å². The normalized spacial score (nSPS) is 11.3. The quantitative estimate of drug-likeness (QED) is 0.853. The SMILES string of the molecule is CC(C)CNS(=O)(=O)Nc1ccc(C#N)cc1F. The number of hydrogen-bond acceptors (Lipinski definition) is 3. The van der Waals surface area contributed by atoms with Gasteiger partial charge in [-0.2, -0.15) is 18.4 Å². The molecule has 0 saturated carbocycles. The fourth-order valence-electron chi connectivity index (χ4n) is 1.12. The van der Waals surface area contributed by atoms with Crippen LogP contribution < -0.4 is 9.44 Å². The highest BCUT2D eigenvalue weighted by Gasteiger charge is 2.13. The lowest BCUT2D eigenvalue weighted by Crippen LogP contribution is -2.33. The van der Waals surface area contributed by atoms with Gasteiger partial charge in [-0.15, -0.1) is 0 Å². The minimum absolute atomic E-state index is 0.130. The number of hydrogen-bond donors (Lipinski definition) is 2. The molecule has 5 nitrogen and oxygen atoms in total. The molecule has 7 heteroatoms. The zero-order chi connectivity index (χ0) is 13.8. The zero-order valence-corrected chi connectivity index (χ0v) is 10.9. The van der Waals surface area contributed by atoms with E-state index in [-0.39, 0.29) is 23.7 Å². The van der Waals surface area contributed by atoms with E-state index in [1.807, 2.05) is 13.8 Å². The van der Waals surface area contributed by atoms with Crippen molar-refractivity contribution in [2.24, 2.45) is 5.92 Å². The third kappa shape index (κ3) is 4.31. The van der Waals surface area contributed by atoms with Crippen LogP contribution in [0.3, 0.4) is 0 Å². The first kappa shape index (κ1) is 14.4. The molecule has 0 unspecified atom stereocenters. The number of nitrogens with zero attached hydrogens (tertiary/aromatic N) is 1. The summed E-state index contributed by atoms with van der Waals surface area (Å²) in [6, 6.07) is 5.29. The Kier molecular flexibility index (Phi) is 4.64. The Balaban J connectivity index is 2.82. The van der Waals surface area contributed by atoms with Crippen molar-refractivity contribution in [2.45, 2.75) is 13.8 Å². The lowest BCUT2D eigenvalue weighted by Gasteiger charge is -2.11. The van der Waals surface area contributed by atoms with Crippen LogP contribution in [0.15, 0.2) is 18.2 Å². The van der Waals surface area contributed by atoms with Gasteiger partial charge in [0.25, 0.3) is 10.2 Å². The zero-order valence-electron chi connectivity index (χ0n) is 10.1. The summed E-state index contributed by atoms with van der Waals surface area (Å²) < 4.78 is 40.9. The number of rotatable bonds is 5. The van der Waals surface area contributed by atoms with Gasteiger partial charge in [0, 0.05) is 6.54 Å². The molecular weight excluding hydrogens is 257 g/mol. The van der Waals surface area contributed by atoms with Crippen molar-refractivity contribution in [1.29, 1.82) is 5.26 Å². The van der Waals surface area contributed by atoms with Crippen LogP contribution in [-0.4, -0.2) is 15.0 Å². The van der Waals surface area contributed by atoms with E-state index >= 15 is 0 Å². The van der Waals surface area contributed by atoms with Gasteiger partial charge in [0.05, 0.1) is 17.3 Å². The van der Waals surface area contributed by atoms with Crippen molar-refractivity contribution < 1.29 is 12.8 Å². The van der Waals surface area contributed by atoms with Crippen LogP contribution in [0.2, 0.25) is 0 Å². The Bertz CT molecular complexity index is 564. The minimum Gasteiger partial charge on any atom is -0.268 e. The monoisotopic (exact) mass is 271 g/mol. The molecule has 0 aliphatic rings. The highest BCUT2D eigenvalue weighted by atomic mass is 32.2. The van der Waals surface area contributed by atoms with Crippen LogP contribution >= 0.6 is 0 Å². The van der Waals surface area contributed by atoms with Crippen molar-refractivity contribution in [2.75, 3.05) is 11.3 Å². The van der Waals surface area contributed by atoms with Crippen molar-refractivity contribution in [3.05, 3.63) is 29.6 Å². The van der Waals surface area contributed by atoms with Crippen LogP contribution in [0, 0.1) is 23.1 Å². The summed E-state index contributed by atoms with van der Waals surface area (Å²) in [5.41, 5.74) is -0.0594. The minimum atomic E-state index is -3.79. The molecule has 0 aliphatic heterocycles. The number of halogens is 1. The summed E-state index contributed by atoms with van der Waals surface area (Å²) in [6.45, 7) is 3.96. The molecule has 0 bridgehead atoms. The van der Waals surface area contributed by atoms with Crippen molar-refractivity contribution in [1.82, 2.24) is 4.72 Å². The predicted octanol–water partition coefficient (Wildman–Crippen LogP) is 1.60. The molecule has 0 radical (unpaired) electrons. The van der Waals surface area contributed by atoms with E-state index in [0.717, 1.165) is 6.07 Å². The van der Waals surface area contributed by atoms with Crippen LogP contribution in [0.5, 0.6) is 0 Å². The van der Waals surface area contributed by atoms with Gasteiger partial charge in [-0.1, -0.05) is 13.8 Å². The smallest absolute Gasteiger partial charge is 0.268 e. The highest BCUT2D eigenvalue weighted by Crippen LogP contribution is 2.16. The molecule has 0 aliphatic carbocycles. The summed E-state index contributed by atoms with van der Waals surface area (Å²) in [5.74, 6) is -0.642. The summed E-state index contributed by atoms with van der Waals surface area (Å²) in [4.78, 5) is 0. The van der Waals surface area contributed by atoms with Gasteiger partial charge >= 0.3 is 0 Å². The molecule has 0 fully saturated rings. The van der Waals surface area contributed by atoms with E-state index in [1.165, 1.54) is 12.1 Å². The second kappa shape index (κ2) is 5.80. The molecular formula is C11H14FN3O2S. The summed E-state index contributed by atoms with van der Waals surface area (Å²) >= 11 is 0. The van der Waals surface area contributed by atoms with E-state index in [4.69, 9.17) is 5.26 Å². The maximum absolute atomic E-state index is 13.5. The average Bonchev–Trinajstić information content (AvgIpc) is 2.29. The Morgan fingerprint density at radius 3 is 2.61 bits per heavy atom.